The molecular weight excluding hydrogens is 265 g/mol. The van der Waals surface area contributed by atoms with E-state index in [0.29, 0.717) is 18.3 Å². The minimum absolute atomic E-state index is 0.120. The number of nitrogens with one attached hydrogen (secondary N) is 1. The Morgan fingerprint density at radius 1 is 1.15 bits per heavy atom. The highest BCUT2D eigenvalue weighted by molar-refractivity contribution is 5.23. The van der Waals surface area contributed by atoms with Crippen molar-refractivity contribution in [1.82, 2.24) is 5.43 Å². The Labute approximate surface area is 116 Å². The number of halogens is 3. The second-order valence-corrected chi connectivity index (χ2v) is 6.15. The molecule has 2 nitrogen and oxygen atoms in total. The minimum Gasteiger partial charge on any atom is -0.271 e. The quantitative estimate of drug-likeness (QED) is 0.505. The molecule has 0 aliphatic heterocycles. The summed E-state index contributed by atoms with van der Waals surface area (Å²) in [5, 5.41) is 0. The van der Waals surface area contributed by atoms with Crippen molar-refractivity contribution in [3.63, 3.8) is 0 Å². The lowest BCUT2D eigenvalue weighted by Gasteiger charge is -2.26. The average molecular weight is 284 g/mol. The smallest absolute Gasteiger partial charge is 0.194 e. The zero-order valence-electron chi connectivity index (χ0n) is 11.2. The highest BCUT2D eigenvalue weighted by Crippen LogP contribution is 2.51. The van der Waals surface area contributed by atoms with Crippen LogP contribution in [0.2, 0.25) is 0 Å². The van der Waals surface area contributed by atoms with Crippen LogP contribution >= 0.6 is 0 Å². The van der Waals surface area contributed by atoms with Crippen molar-refractivity contribution in [1.29, 1.82) is 0 Å². The van der Waals surface area contributed by atoms with Crippen molar-refractivity contribution >= 4 is 0 Å². The molecule has 0 radical (unpaired) electrons. The van der Waals surface area contributed by atoms with Gasteiger partial charge in [0.2, 0.25) is 0 Å². The molecule has 4 unspecified atom stereocenters. The molecule has 3 rings (SSSR count). The molecule has 20 heavy (non-hydrogen) atoms. The summed E-state index contributed by atoms with van der Waals surface area (Å²) in [4.78, 5) is 0. The van der Waals surface area contributed by atoms with Gasteiger partial charge < -0.3 is 0 Å². The van der Waals surface area contributed by atoms with Crippen molar-refractivity contribution in [3.8, 4) is 0 Å². The average Bonchev–Trinajstić information content (AvgIpc) is 3.05. The summed E-state index contributed by atoms with van der Waals surface area (Å²) in [7, 11) is 0. The molecule has 0 amide bonds. The van der Waals surface area contributed by atoms with E-state index in [1.165, 1.54) is 25.3 Å². The Morgan fingerprint density at radius 3 is 2.55 bits per heavy atom. The Bertz CT molecular complexity index is 506. The maximum absolute atomic E-state index is 13.9. The summed E-state index contributed by atoms with van der Waals surface area (Å²) in [5.41, 5.74) is 2.68. The van der Waals surface area contributed by atoms with E-state index in [2.05, 4.69) is 5.43 Å². The number of nitrogens with two attached hydrogens (primary N) is 1. The summed E-state index contributed by atoms with van der Waals surface area (Å²) < 4.78 is 40.2. The molecule has 0 spiro atoms. The van der Waals surface area contributed by atoms with Crippen molar-refractivity contribution in [2.75, 3.05) is 0 Å². The van der Waals surface area contributed by atoms with Crippen LogP contribution in [0.4, 0.5) is 13.2 Å². The van der Waals surface area contributed by atoms with E-state index in [4.69, 9.17) is 5.84 Å². The van der Waals surface area contributed by atoms with E-state index in [1.807, 2.05) is 0 Å². The summed E-state index contributed by atoms with van der Waals surface area (Å²) >= 11 is 0. The molecule has 0 saturated heterocycles. The number of benzene rings is 1. The Hall–Kier alpha value is -1.07. The summed E-state index contributed by atoms with van der Waals surface area (Å²) in [6, 6.07) is 1.78. The van der Waals surface area contributed by atoms with E-state index < -0.39 is 23.5 Å². The standard InChI is InChI=1S/C15H19F3N2/c16-12-4-3-11(14(17)15(12)18)13(20-19)7-10-6-8-1-2-9(10)5-8/h3-4,8-10,13,20H,1-2,5-7,19H2. The fraction of sp³-hybridized carbons (Fsp3) is 0.600. The van der Waals surface area contributed by atoms with Gasteiger partial charge in [0.05, 0.1) is 0 Å². The van der Waals surface area contributed by atoms with E-state index >= 15 is 0 Å². The molecule has 4 atom stereocenters. The molecule has 1 aromatic rings. The molecule has 2 aliphatic carbocycles. The summed E-state index contributed by atoms with van der Waals surface area (Å²) in [6.45, 7) is 0. The molecule has 1 aromatic carbocycles. The van der Waals surface area contributed by atoms with Gasteiger partial charge in [-0.2, -0.15) is 0 Å². The lowest BCUT2D eigenvalue weighted by Crippen LogP contribution is -2.31. The lowest BCUT2D eigenvalue weighted by molar-refractivity contribution is 0.276. The van der Waals surface area contributed by atoms with Gasteiger partial charge in [-0.1, -0.05) is 12.5 Å². The fourth-order valence-corrected chi connectivity index (χ4v) is 4.06. The van der Waals surface area contributed by atoms with Crippen LogP contribution in [0.5, 0.6) is 0 Å². The normalized spacial score (nSPS) is 29.9. The third-order valence-corrected chi connectivity index (χ3v) is 5.06. The topological polar surface area (TPSA) is 38.0 Å². The number of hydrogen-bond donors (Lipinski definition) is 2. The minimum atomic E-state index is -1.42. The largest absolute Gasteiger partial charge is 0.271 e. The van der Waals surface area contributed by atoms with Gasteiger partial charge in [-0.15, -0.1) is 0 Å². The Kier molecular flexibility index (Phi) is 3.73. The molecule has 0 aromatic heterocycles. The van der Waals surface area contributed by atoms with Crippen LogP contribution in [-0.4, -0.2) is 0 Å². The van der Waals surface area contributed by atoms with Crippen LogP contribution in [0.25, 0.3) is 0 Å². The van der Waals surface area contributed by atoms with Crippen molar-refractivity contribution in [2.24, 2.45) is 23.6 Å². The number of hydrogen-bond acceptors (Lipinski definition) is 2. The van der Waals surface area contributed by atoms with E-state index in [-0.39, 0.29) is 5.56 Å². The Balaban J connectivity index is 1.78. The zero-order valence-corrected chi connectivity index (χ0v) is 11.2. The van der Waals surface area contributed by atoms with Gasteiger partial charge >= 0.3 is 0 Å². The van der Waals surface area contributed by atoms with Crippen LogP contribution in [0.1, 0.15) is 43.7 Å². The van der Waals surface area contributed by atoms with Crippen molar-refractivity contribution in [3.05, 3.63) is 35.1 Å². The second-order valence-electron chi connectivity index (χ2n) is 6.15. The summed E-state index contributed by atoms with van der Waals surface area (Å²) in [5.74, 6) is 3.77. The van der Waals surface area contributed by atoms with Crippen molar-refractivity contribution in [2.45, 2.75) is 38.1 Å². The van der Waals surface area contributed by atoms with Gasteiger partial charge in [0.25, 0.3) is 0 Å². The number of fused-ring (bicyclic) bond motifs is 2. The first-order valence-electron chi connectivity index (χ1n) is 7.19. The number of hydrazine groups is 1. The zero-order chi connectivity index (χ0) is 14.3. The van der Waals surface area contributed by atoms with Gasteiger partial charge in [0, 0.05) is 11.6 Å². The SMILES string of the molecule is NNC(CC1CC2CCC1C2)c1ccc(F)c(F)c1F. The second kappa shape index (κ2) is 5.37. The third-order valence-electron chi connectivity index (χ3n) is 5.06. The molecule has 3 N–H and O–H groups in total. The summed E-state index contributed by atoms with van der Waals surface area (Å²) in [6.07, 6.45) is 5.60. The van der Waals surface area contributed by atoms with Crippen LogP contribution < -0.4 is 11.3 Å². The van der Waals surface area contributed by atoms with E-state index in [0.717, 1.165) is 18.4 Å². The molecular formula is C15H19F3N2. The molecule has 110 valence electrons. The van der Waals surface area contributed by atoms with E-state index in [1.54, 1.807) is 0 Å². The monoisotopic (exact) mass is 284 g/mol. The fourth-order valence-electron chi connectivity index (χ4n) is 4.06. The van der Waals surface area contributed by atoms with E-state index in [9.17, 15) is 13.2 Å². The first kappa shape index (κ1) is 13.9. The molecule has 0 heterocycles. The number of rotatable bonds is 4. The first-order valence-corrected chi connectivity index (χ1v) is 7.19. The highest BCUT2D eigenvalue weighted by Gasteiger charge is 2.40. The Morgan fingerprint density at radius 2 is 1.95 bits per heavy atom. The first-order chi connectivity index (χ1) is 9.60. The van der Waals surface area contributed by atoms with Gasteiger partial charge in [-0.05, 0) is 49.5 Å². The van der Waals surface area contributed by atoms with Crippen LogP contribution in [0.3, 0.4) is 0 Å². The van der Waals surface area contributed by atoms with Crippen molar-refractivity contribution < 1.29 is 13.2 Å². The van der Waals surface area contributed by atoms with Gasteiger partial charge in [0.15, 0.2) is 17.5 Å². The molecule has 2 bridgehead atoms. The molecule has 2 aliphatic rings. The molecule has 2 fully saturated rings. The van der Waals surface area contributed by atoms with Gasteiger partial charge in [-0.25, -0.2) is 13.2 Å². The van der Waals surface area contributed by atoms with Gasteiger partial charge in [0.1, 0.15) is 0 Å². The maximum Gasteiger partial charge on any atom is 0.194 e. The lowest BCUT2D eigenvalue weighted by atomic mass is 9.83. The van der Waals surface area contributed by atoms with Crippen LogP contribution in [0.15, 0.2) is 12.1 Å². The maximum atomic E-state index is 13.9. The molecule has 5 heteroatoms. The van der Waals surface area contributed by atoms with Crippen LogP contribution in [-0.2, 0) is 0 Å². The third kappa shape index (κ3) is 2.33. The van der Waals surface area contributed by atoms with Crippen LogP contribution in [0, 0.1) is 35.2 Å². The molecule has 2 saturated carbocycles. The predicted molar refractivity (Wildman–Crippen MR) is 69.9 cm³/mol. The van der Waals surface area contributed by atoms with Gasteiger partial charge in [-0.3, -0.25) is 11.3 Å². The predicted octanol–water partition coefficient (Wildman–Crippen LogP) is 3.43. The highest BCUT2D eigenvalue weighted by atomic mass is 19.2.